The molecule has 0 N–H and O–H groups in total. The molecule has 2 aromatic rings. The molecule has 138 valence electrons. The second-order valence-corrected chi connectivity index (χ2v) is 6.06. The van der Waals surface area contributed by atoms with E-state index in [0.717, 1.165) is 6.07 Å². The molecule has 1 atom stereocenters. The number of esters is 2. The third kappa shape index (κ3) is 3.80. The molecule has 1 aliphatic rings. The van der Waals surface area contributed by atoms with Crippen LogP contribution in [0.2, 0.25) is 5.02 Å². The van der Waals surface area contributed by atoms with Crippen LogP contribution < -0.4 is 0 Å². The first-order valence-corrected chi connectivity index (χ1v) is 8.21. The van der Waals surface area contributed by atoms with Gasteiger partial charge in [0.15, 0.2) is 5.78 Å². The van der Waals surface area contributed by atoms with E-state index in [1.54, 1.807) is 0 Å². The summed E-state index contributed by atoms with van der Waals surface area (Å²) < 4.78 is 9.86. The molecule has 9 heteroatoms. The van der Waals surface area contributed by atoms with Gasteiger partial charge in [-0.3, -0.25) is 14.9 Å². The third-order valence-corrected chi connectivity index (χ3v) is 4.25. The fraction of sp³-hybridized carbons (Fsp3) is 0.167. The van der Waals surface area contributed by atoms with Gasteiger partial charge in [0.05, 0.1) is 17.1 Å². The minimum absolute atomic E-state index is 0.00775. The van der Waals surface area contributed by atoms with Gasteiger partial charge in [0.2, 0.25) is 6.10 Å². The van der Waals surface area contributed by atoms with Gasteiger partial charge >= 0.3 is 11.9 Å². The fourth-order valence-corrected chi connectivity index (χ4v) is 2.77. The molecule has 0 spiro atoms. The molecule has 0 unspecified atom stereocenters. The lowest BCUT2D eigenvalue weighted by atomic mass is 9.98. The number of ketones is 1. The highest BCUT2D eigenvalue weighted by Crippen LogP contribution is 2.27. The zero-order valence-corrected chi connectivity index (χ0v) is 14.5. The maximum absolute atomic E-state index is 12.8. The number of hydrogen-bond acceptors (Lipinski definition) is 7. The number of carbonyl (C=O) groups excluding carboxylic acids is 3. The number of nitro benzene ring substituents is 1. The number of halogens is 1. The first kappa shape index (κ1) is 18.5. The molecule has 3 rings (SSSR count). The van der Waals surface area contributed by atoms with Crippen molar-refractivity contribution in [2.45, 2.75) is 12.5 Å². The Morgan fingerprint density at radius 1 is 1.19 bits per heavy atom. The highest BCUT2D eigenvalue weighted by Gasteiger charge is 2.31. The van der Waals surface area contributed by atoms with Crippen molar-refractivity contribution in [3.63, 3.8) is 0 Å². The van der Waals surface area contributed by atoms with Crippen molar-refractivity contribution >= 4 is 35.0 Å². The van der Waals surface area contributed by atoms with E-state index in [1.807, 2.05) is 0 Å². The Morgan fingerprint density at radius 2 is 1.89 bits per heavy atom. The lowest BCUT2D eigenvalue weighted by Crippen LogP contribution is -2.24. The van der Waals surface area contributed by atoms with Crippen molar-refractivity contribution in [3.8, 4) is 0 Å². The second kappa shape index (κ2) is 7.55. The van der Waals surface area contributed by atoms with Gasteiger partial charge in [0.1, 0.15) is 5.02 Å². The number of carbonyl (C=O) groups is 3. The number of cyclic esters (lactones) is 1. The van der Waals surface area contributed by atoms with Crippen LogP contribution >= 0.6 is 11.6 Å². The van der Waals surface area contributed by atoms with Crippen LogP contribution in [0.1, 0.15) is 32.7 Å². The van der Waals surface area contributed by atoms with Gasteiger partial charge in [0.25, 0.3) is 5.69 Å². The quantitative estimate of drug-likeness (QED) is 0.334. The molecule has 0 bridgehead atoms. The summed E-state index contributed by atoms with van der Waals surface area (Å²) in [5.41, 5.74) is -0.492. The smallest absolute Gasteiger partial charge is 0.347 e. The topological polar surface area (TPSA) is 113 Å². The number of nitro groups is 1. The van der Waals surface area contributed by atoms with Crippen LogP contribution in [0.25, 0.3) is 0 Å². The predicted octanol–water partition coefficient (Wildman–Crippen LogP) is 2.95. The highest BCUT2D eigenvalue weighted by molar-refractivity contribution is 6.33. The van der Waals surface area contributed by atoms with E-state index in [1.165, 1.54) is 36.4 Å². The molecule has 0 aromatic heterocycles. The molecule has 0 radical (unpaired) electrons. The van der Waals surface area contributed by atoms with E-state index >= 15 is 0 Å². The molecule has 0 aliphatic carbocycles. The van der Waals surface area contributed by atoms with Gasteiger partial charge in [-0.1, -0.05) is 29.8 Å². The van der Waals surface area contributed by atoms with Crippen LogP contribution in [-0.2, 0) is 14.3 Å². The summed E-state index contributed by atoms with van der Waals surface area (Å²) in [6.45, 7) is 0.159. The van der Waals surface area contributed by atoms with E-state index in [9.17, 15) is 24.5 Å². The van der Waals surface area contributed by atoms with Crippen molar-refractivity contribution in [1.82, 2.24) is 0 Å². The Hall–Kier alpha value is -3.26. The molecule has 0 amide bonds. The van der Waals surface area contributed by atoms with Gasteiger partial charge in [-0.15, -0.1) is 0 Å². The molecule has 27 heavy (non-hydrogen) atoms. The molecule has 1 fully saturated rings. The third-order valence-electron chi connectivity index (χ3n) is 3.93. The Bertz CT molecular complexity index is 956. The monoisotopic (exact) mass is 389 g/mol. The lowest BCUT2D eigenvalue weighted by Gasteiger charge is -2.11. The summed E-state index contributed by atoms with van der Waals surface area (Å²) in [4.78, 5) is 47.0. The Morgan fingerprint density at radius 3 is 2.52 bits per heavy atom. The molecule has 1 saturated heterocycles. The standard InChI is InChI=1S/C18H12ClNO7/c19-13-6-5-10(9-14(13)20(24)25)16(21)11-3-1-2-4-12(11)17(22)27-15-7-8-26-18(15)23/h1-6,9,15H,7-8H2/t15-/m0/s1. The van der Waals surface area contributed by atoms with Crippen LogP contribution in [0.5, 0.6) is 0 Å². The Kier molecular flexibility index (Phi) is 5.18. The average Bonchev–Trinajstić information content (AvgIpc) is 3.06. The van der Waals surface area contributed by atoms with Crippen LogP contribution in [0.15, 0.2) is 42.5 Å². The Labute approximate surface area is 157 Å². The number of hydrogen-bond donors (Lipinski definition) is 0. The van der Waals surface area contributed by atoms with Gasteiger partial charge in [0, 0.05) is 23.6 Å². The van der Waals surface area contributed by atoms with E-state index in [0.29, 0.717) is 0 Å². The normalized spacial score (nSPS) is 15.9. The summed E-state index contributed by atoms with van der Waals surface area (Å²) >= 11 is 5.76. The van der Waals surface area contributed by atoms with Crippen LogP contribution in [-0.4, -0.2) is 35.4 Å². The van der Waals surface area contributed by atoms with Crippen molar-refractivity contribution in [2.24, 2.45) is 0 Å². The van der Waals surface area contributed by atoms with Crippen molar-refractivity contribution in [3.05, 3.63) is 74.3 Å². The van der Waals surface area contributed by atoms with Crippen LogP contribution in [0.3, 0.4) is 0 Å². The first-order chi connectivity index (χ1) is 12.9. The summed E-state index contributed by atoms with van der Waals surface area (Å²) in [5, 5.41) is 10.9. The zero-order chi connectivity index (χ0) is 19.6. The van der Waals surface area contributed by atoms with Gasteiger partial charge < -0.3 is 9.47 Å². The van der Waals surface area contributed by atoms with Crippen LogP contribution in [0, 0.1) is 10.1 Å². The molecular weight excluding hydrogens is 378 g/mol. The number of rotatable bonds is 5. The predicted molar refractivity (Wildman–Crippen MR) is 92.8 cm³/mol. The SMILES string of the molecule is O=C(O[C@H]1CCOC1=O)c1ccccc1C(=O)c1ccc(Cl)c([N+](=O)[O-])c1. The molecule has 1 heterocycles. The second-order valence-electron chi connectivity index (χ2n) is 5.65. The largest absolute Gasteiger partial charge is 0.463 e. The van der Waals surface area contributed by atoms with Crippen molar-refractivity contribution in [2.75, 3.05) is 6.61 Å². The van der Waals surface area contributed by atoms with E-state index in [-0.39, 0.29) is 34.7 Å². The first-order valence-electron chi connectivity index (χ1n) is 7.84. The summed E-state index contributed by atoms with van der Waals surface area (Å²) in [6.07, 6.45) is -0.776. The summed E-state index contributed by atoms with van der Waals surface area (Å²) in [7, 11) is 0. The Balaban J connectivity index is 1.92. The lowest BCUT2D eigenvalue weighted by molar-refractivity contribution is -0.384. The molecule has 2 aromatic carbocycles. The number of benzene rings is 2. The maximum Gasteiger partial charge on any atom is 0.347 e. The number of ether oxygens (including phenoxy) is 2. The average molecular weight is 390 g/mol. The minimum Gasteiger partial charge on any atom is -0.463 e. The van der Waals surface area contributed by atoms with Crippen LogP contribution in [0.4, 0.5) is 5.69 Å². The molecule has 0 saturated carbocycles. The summed E-state index contributed by atoms with van der Waals surface area (Å²) in [6, 6.07) is 9.45. The molecule has 8 nitrogen and oxygen atoms in total. The van der Waals surface area contributed by atoms with E-state index in [2.05, 4.69) is 0 Å². The van der Waals surface area contributed by atoms with Gasteiger partial charge in [-0.05, 0) is 18.2 Å². The minimum atomic E-state index is -1.02. The molecular formula is C18H12ClNO7. The van der Waals surface area contributed by atoms with Crippen molar-refractivity contribution < 1.29 is 28.8 Å². The fourth-order valence-electron chi connectivity index (χ4n) is 2.59. The zero-order valence-electron chi connectivity index (χ0n) is 13.7. The van der Waals surface area contributed by atoms with Crippen molar-refractivity contribution in [1.29, 1.82) is 0 Å². The summed E-state index contributed by atoms with van der Waals surface area (Å²) in [5.74, 6) is -2.11. The maximum atomic E-state index is 12.8. The van der Waals surface area contributed by atoms with E-state index in [4.69, 9.17) is 21.1 Å². The highest BCUT2D eigenvalue weighted by atomic mass is 35.5. The van der Waals surface area contributed by atoms with Gasteiger partial charge in [-0.25, -0.2) is 9.59 Å². The molecule has 1 aliphatic heterocycles. The number of nitrogens with zero attached hydrogens (tertiary/aromatic N) is 1. The van der Waals surface area contributed by atoms with Gasteiger partial charge in [-0.2, -0.15) is 0 Å². The van der Waals surface area contributed by atoms with E-state index < -0.39 is 34.4 Å².